The maximum atomic E-state index is 12.8. The van der Waals surface area contributed by atoms with Crippen LogP contribution in [0.5, 0.6) is 5.75 Å². The summed E-state index contributed by atoms with van der Waals surface area (Å²) in [5.74, 6) is -1.99. The molecule has 0 spiro atoms. The van der Waals surface area contributed by atoms with Gasteiger partial charge >= 0.3 is 12.5 Å². The van der Waals surface area contributed by atoms with E-state index in [1.54, 1.807) is 0 Å². The van der Waals surface area contributed by atoms with Crippen molar-refractivity contribution < 1.29 is 31.1 Å². The molecular formula is C13H13F6NO. The van der Waals surface area contributed by atoms with E-state index >= 15 is 0 Å². The summed E-state index contributed by atoms with van der Waals surface area (Å²) in [7, 11) is 0. The van der Waals surface area contributed by atoms with E-state index in [1.807, 2.05) is 0 Å². The zero-order valence-corrected chi connectivity index (χ0v) is 10.8. The summed E-state index contributed by atoms with van der Waals surface area (Å²) in [5.41, 5.74) is 0.0868. The van der Waals surface area contributed by atoms with Crippen molar-refractivity contribution in [3.63, 3.8) is 0 Å². The SMILES string of the molecule is FC(F)(F)Oc1ccccc1C1CC(C(F)(F)F)CCN1. The fraction of sp³-hybridized carbons (Fsp3) is 0.538. The molecule has 0 radical (unpaired) electrons. The number of hydrogen-bond donors (Lipinski definition) is 1. The summed E-state index contributed by atoms with van der Waals surface area (Å²) in [4.78, 5) is 0. The van der Waals surface area contributed by atoms with Crippen molar-refractivity contribution in [2.75, 3.05) is 6.54 Å². The summed E-state index contributed by atoms with van der Waals surface area (Å²) in [5, 5.41) is 2.82. The van der Waals surface area contributed by atoms with Gasteiger partial charge in [0.05, 0.1) is 5.92 Å². The molecule has 2 nitrogen and oxygen atoms in total. The molecule has 0 bridgehead atoms. The van der Waals surface area contributed by atoms with Crippen LogP contribution in [0.4, 0.5) is 26.3 Å². The molecule has 0 saturated carbocycles. The lowest BCUT2D eigenvalue weighted by Gasteiger charge is -2.32. The van der Waals surface area contributed by atoms with Crippen molar-refractivity contribution in [1.29, 1.82) is 0 Å². The number of halogens is 6. The third-order valence-corrected chi connectivity index (χ3v) is 3.39. The second kappa shape index (κ2) is 5.75. The van der Waals surface area contributed by atoms with Crippen LogP contribution in [-0.4, -0.2) is 19.1 Å². The average molecular weight is 313 g/mol. The smallest absolute Gasteiger partial charge is 0.405 e. The average Bonchev–Trinajstić information content (AvgIpc) is 2.37. The maximum absolute atomic E-state index is 12.8. The standard InChI is InChI=1S/C13H13F6NO/c14-12(15,16)8-5-6-20-10(7-8)9-3-1-2-4-11(9)21-13(17,18)19/h1-4,8,10,20H,5-7H2. The van der Waals surface area contributed by atoms with Crippen LogP contribution in [0.1, 0.15) is 24.4 Å². The van der Waals surface area contributed by atoms with E-state index in [2.05, 4.69) is 10.1 Å². The molecule has 1 aliphatic rings. The maximum Gasteiger partial charge on any atom is 0.573 e. The first-order valence-corrected chi connectivity index (χ1v) is 6.31. The van der Waals surface area contributed by atoms with Crippen LogP contribution in [0.2, 0.25) is 0 Å². The molecule has 21 heavy (non-hydrogen) atoms. The highest BCUT2D eigenvalue weighted by molar-refractivity contribution is 5.36. The minimum absolute atomic E-state index is 0.0811. The molecule has 1 saturated heterocycles. The lowest BCUT2D eigenvalue weighted by Crippen LogP contribution is -2.38. The van der Waals surface area contributed by atoms with E-state index in [4.69, 9.17) is 0 Å². The van der Waals surface area contributed by atoms with Crippen molar-refractivity contribution >= 4 is 0 Å². The minimum Gasteiger partial charge on any atom is -0.405 e. The van der Waals surface area contributed by atoms with Gasteiger partial charge in [-0.15, -0.1) is 13.2 Å². The third kappa shape index (κ3) is 4.26. The molecule has 1 aromatic rings. The van der Waals surface area contributed by atoms with E-state index in [-0.39, 0.29) is 24.9 Å². The quantitative estimate of drug-likeness (QED) is 0.827. The number of hydrogen-bond acceptors (Lipinski definition) is 2. The Kier molecular flexibility index (Phi) is 4.36. The molecular weight excluding hydrogens is 300 g/mol. The Labute approximate surface area is 117 Å². The van der Waals surface area contributed by atoms with Gasteiger partial charge in [-0.1, -0.05) is 18.2 Å². The normalized spacial score (nSPS) is 23.9. The molecule has 1 aromatic carbocycles. The Morgan fingerprint density at radius 3 is 2.33 bits per heavy atom. The van der Waals surface area contributed by atoms with Crippen LogP contribution in [0.15, 0.2) is 24.3 Å². The summed E-state index contributed by atoms with van der Waals surface area (Å²) in [6.07, 6.45) is -9.61. The Hall–Kier alpha value is -1.44. The number of nitrogens with one attached hydrogen (secondary N) is 1. The zero-order valence-electron chi connectivity index (χ0n) is 10.8. The molecule has 1 heterocycles. The van der Waals surface area contributed by atoms with Gasteiger partial charge in [-0.05, 0) is 25.5 Å². The second-order valence-electron chi connectivity index (χ2n) is 4.86. The van der Waals surface area contributed by atoms with Crippen molar-refractivity contribution in [2.24, 2.45) is 5.92 Å². The molecule has 2 unspecified atom stereocenters. The summed E-state index contributed by atoms with van der Waals surface area (Å²) in [6, 6.07) is 4.44. The van der Waals surface area contributed by atoms with Gasteiger partial charge in [0.1, 0.15) is 5.75 Å². The van der Waals surface area contributed by atoms with Gasteiger partial charge in [0.25, 0.3) is 0 Å². The highest BCUT2D eigenvalue weighted by atomic mass is 19.4. The predicted molar refractivity (Wildman–Crippen MR) is 62.6 cm³/mol. The van der Waals surface area contributed by atoms with Crippen molar-refractivity contribution in [3.05, 3.63) is 29.8 Å². The Bertz CT molecular complexity index is 484. The molecule has 118 valence electrons. The van der Waals surface area contributed by atoms with E-state index in [1.165, 1.54) is 18.2 Å². The molecule has 2 rings (SSSR count). The fourth-order valence-corrected chi connectivity index (χ4v) is 2.44. The van der Waals surface area contributed by atoms with Crippen molar-refractivity contribution in [1.82, 2.24) is 5.32 Å². The molecule has 0 amide bonds. The van der Waals surface area contributed by atoms with Gasteiger partial charge in [-0.3, -0.25) is 0 Å². The molecule has 0 aromatic heterocycles. The van der Waals surface area contributed by atoms with Crippen molar-refractivity contribution in [3.8, 4) is 5.75 Å². The number of alkyl halides is 6. The molecule has 1 aliphatic heterocycles. The number of benzene rings is 1. The molecule has 1 N–H and O–H groups in total. The topological polar surface area (TPSA) is 21.3 Å². The van der Waals surface area contributed by atoms with Gasteiger partial charge < -0.3 is 10.1 Å². The first-order chi connectivity index (χ1) is 9.67. The largest absolute Gasteiger partial charge is 0.573 e. The third-order valence-electron chi connectivity index (χ3n) is 3.39. The summed E-state index contributed by atoms with van der Waals surface area (Å²) >= 11 is 0. The first-order valence-electron chi connectivity index (χ1n) is 6.31. The monoisotopic (exact) mass is 313 g/mol. The van der Waals surface area contributed by atoms with Crippen LogP contribution in [0.25, 0.3) is 0 Å². The van der Waals surface area contributed by atoms with Gasteiger partial charge in [0.15, 0.2) is 0 Å². The van der Waals surface area contributed by atoms with Crippen molar-refractivity contribution in [2.45, 2.75) is 31.4 Å². The second-order valence-corrected chi connectivity index (χ2v) is 4.86. The van der Waals surface area contributed by atoms with Gasteiger partial charge in [0.2, 0.25) is 0 Å². The van der Waals surface area contributed by atoms with E-state index in [9.17, 15) is 26.3 Å². The van der Waals surface area contributed by atoms with Crippen LogP contribution in [0, 0.1) is 5.92 Å². The van der Waals surface area contributed by atoms with Crippen LogP contribution < -0.4 is 10.1 Å². The van der Waals surface area contributed by atoms with Crippen LogP contribution >= 0.6 is 0 Å². The Morgan fingerprint density at radius 2 is 1.71 bits per heavy atom. The Balaban J connectivity index is 2.21. The number of ether oxygens (including phenoxy) is 1. The molecule has 0 aliphatic carbocycles. The Morgan fingerprint density at radius 1 is 1.05 bits per heavy atom. The minimum atomic E-state index is -4.88. The number of rotatable bonds is 2. The number of para-hydroxylation sites is 1. The molecule has 2 atom stereocenters. The zero-order chi connectivity index (χ0) is 15.7. The highest BCUT2D eigenvalue weighted by Gasteiger charge is 2.43. The fourth-order valence-electron chi connectivity index (χ4n) is 2.44. The molecule has 1 fully saturated rings. The van der Waals surface area contributed by atoms with Gasteiger partial charge in [-0.2, -0.15) is 13.2 Å². The lowest BCUT2D eigenvalue weighted by atomic mass is 9.88. The summed E-state index contributed by atoms with van der Waals surface area (Å²) < 4.78 is 79.2. The number of piperidine rings is 1. The summed E-state index contributed by atoms with van der Waals surface area (Å²) in [6.45, 7) is 0.0925. The molecule has 8 heteroatoms. The van der Waals surface area contributed by atoms with E-state index in [0.717, 1.165) is 6.07 Å². The predicted octanol–water partition coefficient (Wildman–Crippen LogP) is 4.19. The lowest BCUT2D eigenvalue weighted by molar-refractivity contribution is -0.275. The van der Waals surface area contributed by atoms with Crippen LogP contribution in [-0.2, 0) is 0 Å². The van der Waals surface area contributed by atoms with Gasteiger partial charge in [0, 0.05) is 11.6 Å². The van der Waals surface area contributed by atoms with E-state index in [0.29, 0.717) is 0 Å². The highest BCUT2D eigenvalue weighted by Crippen LogP contribution is 2.40. The van der Waals surface area contributed by atoms with Gasteiger partial charge in [-0.25, -0.2) is 0 Å². The van der Waals surface area contributed by atoms with Crippen LogP contribution in [0.3, 0.4) is 0 Å². The first kappa shape index (κ1) is 15.9. The van der Waals surface area contributed by atoms with E-state index < -0.39 is 30.2 Å².